The lowest BCUT2D eigenvalue weighted by molar-refractivity contribution is 0.0528. The van der Waals surface area contributed by atoms with Crippen molar-refractivity contribution < 1.29 is 9.53 Å². The third-order valence-corrected chi connectivity index (χ3v) is 3.48. The van der Waals surface area contributed by atoms with Gasteiger partial charge in [0, 0.05) is 10.5 Å². The molecule has 0 aliphatic rings. The topological polar surface area (TPSA) is 72.3 Å². The molecule has 3 rings (SSSR count). The highest BCUT2D eigenvalue weighted by Gasteiger charge is 2.35. The second-order valence-corrected chi connectivity index (χ2v) is 4.98. The number of rotatable bonds is 4. The summed E-state index contributed by atoms with van der Waals surface area (Å²) < 4.78 is 6.54. The van der Waals surface area contributed by atoms with Gasteiger partial charge in [0.15, 0.2) is 5.69 Å². The van der Waals surface area contributed by atoms with Crippen LogP contribution in [0.4, 0.5) is 5.82 Å². The molecular formula is C18H15N4O2+. The van der Waals surface area contributed by atoms with E-state index in [4.69, 9.17) is 4.74 Å². The van der Waals surface area contributed by atoms with Crippen LogP contribution in [-0.2, 0) is 4.74 Å². The molecule has 0 unspecified atom stereocenters. The van der Waals surface area contributed by atoms with Gasteiger partial charge in [0.05, 0.1) is 12.0 Å². The van der Waals surface area contributed by atoms with E-state index in [2.05, 4.69) is 10.1 Å². The third kappa shape index (κ3) is 2.75. The fraction of sp³-hybridized carbons (Fsp3) is 0.111. The number of esters is 1. The fourth-order valence-electron chi connectivity index (χ4n) is 2.44. The molecule has 24 heavy (non-hydrogen) atoms. The summed E-state index contributed by atoms with van der Waals surface area (Å²) in [5.74, 6) is -0.537. The van der Waals surface area contributed by atoms with E-state index in [9.17, 15) is 10.2 Å². The lowest BCUT2D eigenvalue weighted by Gasteiger charge is -1.99. The highest BCUT2D eigenvalue weighted by atomic mass is 16.5. The molecular weight excluding hydrogens is 304 g/mol. The van der Waals surface area contributed by atoms with E-state index in [1.54, 1.807) is 6.92 Å². The third-order valence-electron chi connectivity index (χ3n) is 3.48. The summed E-state index contributed by atoms with van der Waals surface area (Å²) in [6.07, 6.45) is 0. The quantitative estimate of drug-likeness (QED) is 0.533. The summed E-state index contributed by atoms with van der Waals surface area (Å²) in [5.41, 5.74) is 1.96. The van der Waals surface area contributed by atoms with Gasteiger partial charge in [-0.2, -0.15) is 0 Å². The van der Waals surface area contributed by atoms with Crippen LogP contribution in [0, 0.1) is 5.39 Å². The number of hydrogen-bond acceptors (Lipinski definition) is 4. The largest absolute Gasteiger partial charge is 0.466 e. The van der Waals surface area contributed by atoms with Gasteiger partial charge in [-0.1, -0.05) is 58.3 Å². The van der Waals surface area contributed by atoms with Gasteiger partial charge < -0.3 is 4.74 Å². The number of para-hydroxylation sites is 1. The van der Waals surface area contributed by atoms with E-state index in [-0.39, 0.29) is 18.0 Å². The summed E-state index contributed by atoms with van der Waals surface area (Å²) >= 11 is 0. The van der Waals surface area contributed by atoms with Crippen LogP contribution < -0.4 is 0 Å². The van der Waals surface area contributed by atoms with Crippen LogP contribution in [0.25, 0.3) is 21.9 Å². The molecule has 0 spiro atoms. The summed E-state index contributed by atoms with van der Waals surface area (Å²) in [6, 6.07) is 18.4. The van der Waals surface area contributed by atoms with Crippen molar-refractivity contribution in [3.05, 3.63) is 71.2 Å². The molecule has 0 radical (unpaired) electrons. The lowest BCUT2D eigenvalue weighted by atomic mass is 10.1. The van der Waals surface area contributed by atoms with Gasteiger partial charge in [0.25, 0.3) is 0 Å². The van der Waals surface area contributed by atoms with Gasteiger partial charge in [-0.15, -0.1) is 0 Å². The molecule has 3 aromatic rings. The molecule has 0 aliphatic heterocycles. The summed E-state index contributed by atoms with van der Waals surface area (Å²) in [5, 5.41) is 14.0. The first-order valence-electron chi connectivity index (χ1n) is 7.52. The first-order valence-corrected chi connectivity index (χ1v) is 7.52. The smallest absolute Gasteiger partial charge is 0.462 e. The molecule has 0 aliphatic carbocycles. The van der Waals surface area contributed by atoms with Crippen LogP contribution in [0.1, 0.15) is 17.3 Å². The van der Waals surface area contributed by atoms with E-state index in [0.29, 0.717) is 11.4 Å². The predicted octanol–water partition coefficient (Wildman–Crippen LogP) is 4.20. The van der Waals surface area contributed by atoms with E-state index in [1.165, 1.54) is 4.68 Å². The molecule has 1 aromatic heterocycles. The molecule has 0 amide bonds. The normalized spacial score (nSPS) is 10.2. The average Bonchev–Trinajstić information content (AvgIpc) is 3.03. The van der Waals surface area contributed by atoms with Crippen LogP contribution in [0.2, 0.25) is 0 Å². The predicted molar refractivity (Wildman–Crippen MR) is 89.7 cm³/mol. The Morgan fingerprint density at radius 1 is 1.12 bits per heavy atom. The molecule has 0 saturated carbocycles. The zero-order valence-electron chi connectivity index (χ0n) is 13.1. The molecule has 6 heteroatoms. The van der Waals surface area contributed by atoms with Crippen LogP contribution in [-0.4, -0.2) is 22.4 Å². The first-order chi connectivity index (χ1) is 11.8. The van der Waals surface area contributed by atoms with Crippen molar-refractivity contribution in [3.63, 3.8) is 0 Å². The zero-order chi connectivity index (χ0) is 16.9. The number of carbonyl (C=O) groups excluding carboxylic acids is 1. The highest BCUT2D eigenvalue weighted by molar-refractivity contribution is 6.01. The summed E-state index contributed by atoms with van der Waals surface area (Å²) in [6.45, 7) is 1.94. The second kappa shape index (κ2) is 6.75. The monoisotopic (exact) mass is 319 g/mol. The minimum absolute atomic E-state index is 0.0403. The minimum atomic E-state index is -0.577. The SMILES string of the molecule is CCOC(=O)c1c(-c2ccccc2)nn(-c2ccccc2)c1[N+]#N. The molecule has 2 aromatic carbocycles. The Labute approximate surface area is 138 Å². The maximum absolute atomic E-state index is 12.4. The minimum Gasteiger partial charge on any atom is -0.462 e. The number of carbonyl (C=O) groups is 1. The van der Waals surface area contributed by atoms with Crippen molar-refractivity contribution in [2.45, 2.75) is 6.92 Å². The van der Waals surface area contributed by atoms with Gasteiger partial charge in [0.1, 0.15) is 5.69 Å². The molecule has 118 valence electrons. The Morgan fingerprint density at radius 3 is 2.33 bits per heavy atom. The van der Waals surface area contributed by atoms with Crippen molar-refractivity contribution >= 4 is 11.8 Å². The Hall–Kier alpha value is -3.46. The lowest BCUT2D eigenvalue weighted by Crippen LogP contribution is -2.05. The van der Waals surface area contributed by atoms with Crippen LogP contribution in [0.3, 0.4) is 0 Å². The van der Waals surface area contributed by atoms with Crippen LogP contribution in [0.15, 0.2) is 60.7 Å². The maximum atomic E-state index is 12.4. The number of nitrogens with zero attached hydrogens (tertiary/aromatic N) is 4. The van der Waals surface area contributed by atoms with E-state index < -0.39 is 5.97 Å². The van der Waals surface area contributed by atoms with Crippen LogP contribution >= 0.6 is 0 Å². The van der Waals surface area contributed by atoms with E-state index in [1.807, 2.05) is 60.7 Å². The van der Waals surface area contributed by atoms with E-state index in [0.717, 1.165) is 5.56 Å². The maximum Gasteiger partial charge on any atom is 0.466 e. The Morgan fingerprint density at radius 2 is 1.75 bits per heavy atom. The number of benzene rings is 2. The number of aromatic nitrogens is 2. The fourth-order valence-corrected chi connectivity index (χ4v) is 2.44. The number of diazo groups is 1. The van der Waals surface area contributed by atoms with Crippen molar-refractivity contribution in [1.29, 1.82) is 5.39 Å². The Bertz CT molecular complexity index is 896. The van der Waals surface area contributed by atoms with Gasteiger partial charge in [-0.3, -0.25) is 0 Å². The average molecular weight is 319 g/mol. The Balaban J connectivity index is 2.27. The van der Waals surface area contributed by atoms with Gasteiger partial charge in [-0.25, -0.2) is 4.79 Å². The Kier molecular flexibility index (Phi) is 4.34. The molecule has 0 bridgehead atoms. The van der Waals surface area contributed by atoms with Crippen LogP contribution in [0.5, 0.6) is 0 Å². The molecule has 1 heterocycles. The molecule has 0 atom stereocenters. The summed E-state index contributed by atoms with van der Waals surface area (Å²) in [7, 11) is 0. The van der Waals surface area contributed by atoms with Gasteiger partial charge >= 0.3 is 11.8 Å². The highest BCUT2D eigenvalue weighted by Crippen LogP contribution is 2.33. The van der Waals surface area contributed by atoms with Gasteiger partial charge in [-0.05, 0) is 19.1 Å². The summed E-state index contributed by atoms with van der Waals surface area (Å²) in [4.78, 5) is 15.7. The number of ether oxygens (including phenoxy) is 1. The van der Waals surface area contributed by atoms with Crippen molar-refractivity contribution in [1.82, 2.24) is 9.78 Å². The van der Waals surface area contributed by atoms with Crippen molar-refractivity contribution in [3.8, 4) is 16.9 Å². The first kappa shape index (κ1) is 15.4. The number of hydrogen-bond donors (Lipinski definition) is 0. The van der Waals surface area contributed by atoms with Gasteiger partial charge in [0.2, 0.25) is 5.56 Å². The second-order valence-electron chi connectivity index (χ2n) is 4.98. The van der Waals surface area contributed by atoms with E-state index >= 15 is 0 Å². The standard InChI is InChI=1S/C18H15N4O2/c1-2-24-18(23)15-16(13-9-5-3-6-10-13)21-22(17(15)20-19)14-11-7-4-8-12-14/h3-12H,2H2,1H3/q+1. The van der Waals surface area contributed by atoms with Crippen molar-refractivity contribution in [2.75, 3.05) is 6.61 Å². The molecule has 6 nitrogen and oxygen atoms in total. The molecule has 0 saturated heterocycles. The molecule has 0 fully saturated rings. The zero-order valence-corrected chi connectivity index (χ0v) is 13.1. The molecule has 0 N–H and O–H groups in total. The van der Waals surface area contributed by atoms with Crippen molar-refractivity contribution in [2.24, 2.45) is 0 Å².